The zero-order chi connectivity index (χ0) is 9.68. The van der Waals surface area contributed by atoms with Crippen molar-refractivity contribution in [3.63, 3.8) is 0 Å². The second-order valence-corrected chi connectivity index (χ2v) is 3.57. The lowest BCUT2D eigenvalue weighted by molar-refractivity contribution is 0.981. The molecule has 0 atom stereocenters. The first-order valence-corrected chi connectivity index (χ1v) is 4.94. The molecule has 1 rings (SSSR count). The number of hydrogen-bond acceptors (Lipinski definition) is 4. The summed E-state index contributed by atoms with van der Waals surface area (Å²) >= 11 is 6.37. The van der Waals surface area contributed by atoms with Crippen molar-refractivity contribution in [2.24, 2.45) is 5.10 Å². The minimum Gasteiger partial charge on any atom is -0.364 e. The number of hydrazone groups is 1. The molecule has 4 nitrogen and oxygen atoms in total. The summed E-state index contributed by atoms with van der Waals surface area (Å²) in [7, 11) is 1.73. The van der Waals surface area contributed by atoms with Crippen LogP contribution in [0.1, 0.15) is 10.7 Å². The quantitative estimate of drug-likeness (QED) is 0.436. The summed E-state index contributed by atoms with van der Waals surface area (Å²) in [4.78, 5) is 4.20. The average Bonchev–Trinajstić information content (AvgIpc) is 2.51. The van der Waals surface area contributed by atoms with E-state index in [0.29, 0.717) is 5.11 Å². The number of hydrogen-bond donors (Lipinski definition) is 2. The van der Waals surface area contributed by atoms with E-state index in [-0.39, 0.29) is 0 Å². The molecule has 0 amide bonds. The minimum atomic E-state index is 0.490. The van der Waals surface area contributed by atoms with E-state index in [0.717, 1.165) is 10.7 Å². The molecule has 1 heterocycles. The topological polar surface area (TPSA) is 49.3 Å². The third-order valence-corrected chi connectivity index (χ3v) is 2.40. The first-order valence-electron chi connectivity index (χ1n) is 3.65. The number of aryl methyl sites for hydroxylation is 1. The molecule has 0 bridgehead atoms. The number of rotatable bonds is 2. The molecule has 0 aliphatic carbocycles. The van der Waals surface area contributed by atoms with Gasteiger partial charge in [0.2, 0.25) is 0 Å². The first kappa shape index (κ1) is 10.1. The van der Waals surface area contributed by atoms with Crippen LogP contribution in [-0.2, 0) is 0 Å². The van der Waals surface area contributed by atoms with Gasteiger partial charge in [-0.25, -0.2) is 4.98 Å². The molecule has 0 fully saturated rings. The Morgan fingerprint density at radius 3 is 3.08 bits per heavy atom. The Labute approximate surface area is 86.1 Å². The highest BCUT2D eigenvalue weighted by Gasteiger charge is 1.93. The molecule has 0 aromatic carbocycles. The van der Waals surface area contributed by atoms with Gasteiger partial charge in [-0.3, -0.25) is 5.43 Å². The molecule has 1 aromatic heterocycles. The summed E-state index contributed by atoms with van der Waals surface area (Å²) in [5.74, 6) is 0. The smallest absolute Gasteiger partial charge is 0.186 e. The van der Waals surface area contributed by atoms with Crippen molar-refractivity contribution in [1.29, 1.82) is 0 Å². The maximum atomic E-state index is 4.82. The maximum absolute atomic E-state index is 4.82. The number of nitrogens with zero attached hydrogens (tertiary/aromatic N) is 2. The van der Waals surface area contributed by atoms with E-state index in [2.05, 4.69) is 20.8 Å². The van der Waals surface area contributed by atoms with Crippen LogP contribution >= 0.6 is 23.6 Å². The zero-order valence-corrected chi connectivity index (χ0v) is 9.00. The Bertz CT molecular complexity index is 318. The van der Waals surface area contributed by atoms with E-state index in [1.807, 2.05) is 12.3 Å². The van der Waals surface area contributed by atoms with Crippen LogP contribution in [0.2, 0.25) is 0 Å². The first-order chi connectivity index (χ1) is 6.22. The highest BCUT2D eigenvalue weighted by atomic mass is 32.1. The van der Waals surface area contributed by atoms with Gasteiger partial charge in [0.1, 0.15) is 5.01 Å². The van der Waals surface area contributed by atoms with Crippen LogP contribution in [0, 0.1) is 6.92 Å². The normalized spacial score (nSPS) is 10.3. The van der Waals surface area contributed by atoms with Crippen molar-refractivity contribution >= 4 is 34.9 Å². The molecule has 1 aromatic rings. The highest BCUT2D eigenvalue weighted by molar-refractivity contribution is 7.80. The van der Waals surface area contributed by atoms with Crippen molar-refractivity contribution in [2.45, 2.75) is 6.92 Å². The number of nitrogens with one attached hydrogen (secondary N) is 2. The predicted molar refractivity (Wildman–Crippen MR) is 59.2 cm³/mol. The lowest BCUT2D eigenvalue weighted by atomic mass is 10.6. The van der Waals surface area contributed by atoms with Crippen LogP contribution in [0.5, 0.6) is 0 Å². The van der Waals surface area contributed by atoms with Crippen LogP contribution in [0.25, 0.3) is 0 Å². The Morgan fingerprint density at radius 2 is 2.54 bits per heavy atom. The third kappa shape index (κ3) is 3.47. The monoisotopic (exact) mass is 214 g/mol. The second-order valence-electron chi connectivity index (χ2n) is 2.28. The largest absolute Gasteiger partial charge is 0.364 e. The van der Waals surface area contributed by atoms with Gasteiger partial charge in [-0.15, -0.1) is 11.3 Å². The fourth-order valence-corrected chi connectivity index (χ4v) is 1.34. The summed E-state index contributed by atoms with van der Waals surface area (Å²) in [6.45, 7) is 1.94. The molecule has 2 N–H and O–H groups in total. The number of thiocarbonyl (C=S) groups is 1. The van der Waals surface area contributed by atoms with Gasteiger partial charge < -0.3 is 5.32 Å². The SMILES string of the molecule is CNC(=S)N/N=C/c1nc(C)cs1. The van der Waals surface area contributed by atoms with E-state index in [4.69, 9.17) is 12.2 Å². The molecular weight excluding hydrogens is 204 g/mol. The highest BCUT2D eigenvalue weighted by Crippen LogP contribution is 2.04. The summed E-state index contributed by atoms with van der Waals surface area (Å²) in [5.41, 5.74) is 3.65. The molecule has 0 unspecified atom stereocenters. The molecule has 70 valence electrons. The Balaban J connectivity index is 2.45. The van der Waals surface area contributed by atoms with Gasteiger partial charge in [-0.1, -0.05) is 0 Å². The predicted octanol–water partition coefficient (Wildman–Crippen LogP) is 0.879. The lowest BCUT2D eigenvalue weighted by Gasteiger charge is -1.97. The molecule has 6 heteroatoms. The summed E-state index contributed by atoms with van der Waals surface area (Å²) in [6, 6.07) is 0. The van der Waals surface area contributed by atoms with Gasteiger partial charge in [0.05, 0.1) is 6.21 Å². The van der Waals surface area contributed by atoms with Crippen molar-refractivity contribution in [3.05, 3.63) is 16.1 Å². The molecule has 0 aliphatic rings. The fourth-order valence-electron chi connectivity index (χ4n) is 0.633. The maximum Gasteiger partial charge on any atom is 0.186 e. The molecule has 0 saturated heterocycles. The van der Waals surface area contributed by atoms with Crippen molar-refractivity contribution in [2.75, 3.05) is 7.05 Å². The van der Waals surface area contributed by atoms with Crippen LogP contribution in [0.4, 0.5) is 0 Å². The minimum absolute atomic E-state index is 0.490. The fraction of sp³-hybridized carbons (Fsp3) is 0.286. The number of thiazole rings is 1. The molecule has 0 radical (unpaired) electrons. The van der Waals surface area contributed by atoms with Gasteiger partial charge in [0.25, 0.3) is 0 Å². The van der Waals surface area contributed by atoms with E-state index in [1.54, 1.807) is 24.6 Å². The summed E-state index contributed by atoms with van der Waals surface area (Å²) < 4.78 is 0. The van der Waals surface area contributed by atoms with Gasteiger partial charge in [-0.05, 0) is 19.1 Å². The van der Waals surface area contributed by atoms with E-state index in [9.17, 15) is 0 Å². The molecule has 0 saturated carbocycles. The Kier molecular flexibility index (Phi) is 3.78. The lowest BCUT2D eigenvalue weighted by Crippen LogP contribution is -2.28. The van der Waals surface area contributed by atoms with E-state index < -0.39 is 0 Å². The Hall–Kier alpha value is -1.01. The molecular formula is C7H10N4S2. The summed E-state index contributed by atoms with van der Waals surface area (Å²) in [6.07, 6.45) is 1.64. The van der Waals surface area contributed by atoms with Gasteiger partial charge in [0.15, 0.2) is 5.11 Å². The van der Waals surface area contributed by atoms with Crippen LogP contribution < -0.4 is 10.7 Å². The zero-order valence-electron chi connectivity index (χ0n) is 7.37. The van der Waals surface area contributed by atoms with Gasteiger partial charge in [-0.2, -0.15) is 5.10 Å². The van der Waals surface area contributed by atoms with Crippen LogP contribution in [0.15, 0.2) is 10.5 Å². The summed E-state index contributed by atoms with van der Waals surface area (Å²) in [5, 5.41) is 9.97. The molecule has 0 spiro atoms. The Morgan fingerprint density at radius 1 is 1.77 bits per heavy atom. The van der Waals surface area contributed by atoms with Crippen molar-refractivity contribution in [1.82, 2.24) is 15.7 Å². The number of aromatic nitrogens is 1. The third-order valence-electron chi connectivity index (χ3n) is 1.20. The second kappa shape index (κ2) is 4.88. The van der Waals surface area contributed by atoms with Gasteiger partial charge >= 0.3 is 0 Å². The van der Waals surface area contributed by atoms with Crippen LogP contribution in [0.3, 0.4) is 0 Å². The van der Waals surface area contributed by atoms with Crippen molar-refractivity contribution < 1.29 is 0 Å². The molecule has 13 heavy (non-hydrogen) atoms. The van der Waals surface area contributed by atoms with Gasteiger partial charge in [0, 0.05) is 18.1 Å². The standard InChI is InChI=1S/C7H10N4S2/c1-5-4-13-6(10-5)3-9-11-7(12)8-2/h3-4H,1-2H3,(H2,8,11,12)/b9-3+. The van der Waals surface area contributed by atoms with E-state index in [1.165, 1.54) is 0 Å². The van der Waals surface area contributed by atoms with Crippen molar-refractivity contribution in [3.8, 4) is 0 Å². The average molecular weight is 214 g/mol. The van der Waals surface area contributed by atoms with E-state index >= 15 is 0 Å². The van der Waals surface area contributed by atoms with Crippen LogP contribution in [-0.4, -0.2) is 23.4 Å². The molecule has 0 aliphatic heterocycles.